The van der Waals surface area contributed by atoms with Gasteiger partial charge in [0.05, 0.1) is 17.4 Å². The maximum absolute atomic E-state index is 13.1. The van der Waals surface area contributed by atoms with Crippen molar-refractivity contribution in [1.82, 2.24) is 9.62 Å². The monoisotopic (exact) mass is 405 g/mol. The van der Waals surface area contributed by atoms with E-state index < -0.39 is 10.0 Å². The lowest BCUT2D eigenvalue weighted by Crippen LogP contribution is -2.44. The minimum atomic E-state index is -3.66. The molecule has 1 saturated heterocycles. The Labute approximate surface area is 166 Å². The van der Waals surface area contributed by atoms with Crippen molar-refractivity contribution in [2.45, 2.75) is 61.9 Å². The molecule has 0 bridgehead atoms. The van der Waals surface area contributed by atoms with Gasteiger partial charge in [-0.25, -0.2) is 13.1 Å². The predicted octanol–water partition coefficient (Wildman–Crippen LogP) is 2.44. The number of ether oxygens (including phenoxy) is 1. The Morgan fingerprint density at radius 2 is 1.93 bits per heavy atom. The van der Waals surface area contributed by atoms with Crippen LogP contribution in [-0.4, -0.2) is 51.1 Å². The van der Waals surface area contributed by atoms with Gasteiger partial charge in [-0.05, 0) is 43.9 Å². The van der Waals surface area contributed by atoms with E-state index in [0.29, 0.717) is 25.3 Å². The lowest BCUT2D eigenvalue weighted by molar-refractivity contribution is 0.0296. The van der Waals surface area contributed by atoms with Gasteiger partial charge in [-0.1, -0.05) is 18.9 Å². The summed E-state index contributed by atoms with van der Waals surface area (Å²) >= 11 is 0. The molecule has 0 atom stereocenters. The molecule has 1 amide bonds. The number of hydrogen-bond donors (Lipinski definition) is 1. The molecule has 1 aliphatic heterocycles. The standard InChI is InChI=1S/C20H27N3O4S/c21-11-4-12-23(18-9-13-27-14-10-18)20(24)16-5-3-8-19(15-16)28(25,26)22-17-6-1-2-7-17/h3,5,8,15,17-18,22H,1-2,4,6-7,9-10,12-14H2. The first kappa shape index (κ1) is 20.8. The maximum Gasteiger partial charge on any atom is 0.254 e. The summed E-state index contributed by atoms with van der Waals surface area (Å²) < 4.78 is 33.6. The Kier molecular flexibility index (Phi) is 7.05. The zero-order chi connectivity index (χ0) is 20.0. The molecule has 0 radical (unpaired) electrons. The van der Waals surface area contributed by atoms with Gasteiger partial charge in [-0.3, -0.25) is 4.79 Å². The molecular weight excluding hydrogens is 378 g/mol. The SMILES string of the molecule is N#CCCN(C(=O)c1cccc(S(=O)(=O)NC2CCCC2)c1)C1CCOCC1. The highest BCUT2D eigenvalue weighted by Crippen LogP contribution is 2.22. The van der Waals surface area contributed by atoms with Crippen molar-refractivity contribution in [2.75, 3.05) is 19.8 Å². The van der Waals surface area contributed by atoms with Crippen molar-refractivity contribution in [3.63, 3.8) is 0 Å². The summed E-state index contributed by atoms with van der Waals surface area (Å²) in [5, 5.41) is 8.95. The Bertz CT molecular complexity index is 822. The lowest BCUT2D eigenvalue weighted by Gasteiger charge is -2.34. The molecule has 1 saturated carbocycles. The van der Waals surface area contributed by atoms with Crippen LogP contribution in [0, 0.1) is 11.3 Å². The van der Waals surface area contributed by atoms with Crippen LogP contribution in [0.15, 0.2) is 29.2 Å². The highest BCUT2D eigenvalue weighted by atomic mass is 32.2. The topological polar surface area (TPSA) is 99.5 Å². The van der Waals surface area contributed by atoms with Crippen molar-refractivity contribution in [3.8, 4) is 6.07 Å². The van der Waals surface area contributed by atoms with E-state index >= 15 is 0 Å². The van der Waals surface area contributed by atoms with Gasteiger partial charge in [0.15, 0.2) is 0 Å². The number of carbonyl (C=O) groups is 1. The molecule has 1 aliphatic carbocycles. The summed E-state index contributed by atoms with van der Waals surface area (Å²) in [7, 11) is -3.66. The molecule has 2 aliphatic rings. The van der Waals surface area contributed by atoms with Gasteiger partial charge in [0.2, 0.25) is 10.0 Å². The third-order valence-corrected chi connectivity index (χ3v) is 6.94. The number of nitrogens with one attached hydrogen (secondary N) is 1. The largest absolute Gasteiger partial charge is 0.381 e. The van der Waals surface area contributed by atoms with Crippen molar-refractivity contribution in [3.05, 3.63) is 29.8 Å². The Morgan fingerprint density at radius 1 is 1.21 bits per heavy atom. The van der Waals surface area contributed by atoms with Crippen molar-refractivity contribution < 1.29 is 17.9 Å². The molecule has 3 rings (SSSR count). The fourth-order valence-electron chi connectivity index (χ4n) is 3.91. The minimum Gasteiger partial charge on any atom is -0.381 e. The molecule has 0 aromatic heterocycles. The Morgan fingerprint density at radius 3 is 2.61 bits per heavy atom. The molecule has 7 nitrogen and oxygen atoms in total. The second-order valence-corrected chi connectivity index (χ2v) is 9.09. The molecule has 152 valence electrons. The first-order valence-electron chi connectivity index (χ1n) is 9.89. The number of hydrogen-bond acceptors (Lipinski definition) is 5. The Balaban J connectivity index is 1.80. The van der Waals surface area contributed by atoms with E-state index in [4.69, 9.17) is 10.00 Å². The van der Waals surface area contributed by atoms with Crippen molar-refractivity contribution >= 4 is 15.9 Å². The molecule has 2 fully saturated rings. The fourth-order valence-corrected chi connectivity index (χ4v) is 5.26. The Hall–Kier alpha value is -1.95. The summed E-state index contributed by atoms with van der Waals surface area (Å²) in [5.74, 6) is -0.236. The van der Waals surface area contributed by atoms with E-state index in [2.05, 4.69) is 10.8 Å². The van der Waals surface area contributed by atoms with Crippen molar-refractivity contribution in [1.29, 1.82) is 5.26 Å². The van der Waals surface area contributed by atoms with E-state index in [1.165, 1.54) is 12.1 Å². The quantitative estimate of drug-likeness (QED) is 0.751. The highest BCUT2D eigenvalue weighted by Gasteiger charge is 2.28. The number of amides is 1. The molecule has 1 aromatic carbocycles. The molecule has 1 aromatic rings. The zero-order valence-corrected chi connectivity index (χ0v) is 16.8. The minimum absolute atomic E-state index is 0.00600. The number of rotatable bonds is 7. The van der Waals surface area contributed by atoms with E-state index in [1.807, 2.05) is 0 Å². The highest BCUT2D eigenvalue weighted by molar-refractivity contribution is 7.89. The molecular formula is C20H27N3O4S. The van der Waals surface area contributed by atoms with E-state index in [-0.39, 0.29) is 29.3 Å². The van der Waals surface area contributed by atoms with Gasteiger partial charge in [0.1, 0.15) is 0 Å². The summed E-state index contributed by atoms with van der Waals surface area (Å²) in [6, 6.07) is 8.26. The third kappa shape index (κ3) is 5.10. The first-order valence-corrected chi connectivity index (χ1v) is 11.4. The van der Waals surface area contributed by atoms with E-state index in [1.54, 1.807) is 17.0 Å². The molecule has 1 N–H and O–H groups in total. The summed E-state index contributed by atoms with van der Waals surface area (Å²) in [5.41, 5.74) is 0.332. The maximum atomic E-state index is 13.1. The zero-order valence-electron chi connectivity index (χ0n) is 16.0. The van der Waals surface area contributed by atoms with Gasteiger partial charge in [0, 0.05) is 37.4 Å². The first-order chi connectivity index (χ1) is 13.5. The van der Waals surface area contributed by atoms with Gasteiger partial charge in [-0.2, -0.15) is 5.26 Å². The molecule has 0 unspecified atom stereocenters. The summed E-state index contributed by atoms with van der Waals surface area (Å²) in [6.07, 6.45) is 5.45. The molecule has 1 heterocycles. The second-order valence-electron chi connectivity index (χ2n) is 7.38. The van der Waals surface area contributed by atoms with E-state index in [9.17, 15) is 13.2 Å². The molecule has 0 spiro atoms. The van der Waals surface area contributed by atoms with Gasteiger partial charge in [0.25, 0.3) is 5.91 Å². The number of benzene rings is 1. The average molecular weight is 406 g/mol. The van der Waals surface area contributed by atoms with Crippen LogP contribution in [0.4, 0.5) is 0 Å². The van der Waals surface area contributed by atoms with Crippen LogP contribution >= 0.6 is 0 Å². The van der Waals surface area contributed by atoms with Gasteiger partial charge < -0.3 is 9.64 Å². The van der Waals surface area contributed by atoms with Crippen LogP contribution in [0.25, 0.3) is 0 Å². The second kappa shape index (κ2) is 9.50. The third-order valence-electron chi connectivity index (χ3n) is 5.43. The lowest BCUT2D eigenvalue weighted by atomic mass is 10.0. The van der Waals surface area contributed by atoms with Crippen LogP contribution < -0.4 is 4.72 Å². The van der Waals surface area contributed by atoms with Crippen molar-refractivity contribution in [2.24, 2.45) is 0 Å². The van der Waals surface area contributed by atoms with Crippen LogP contribution in [0.5, 0.6) is 0 Å². The molecule has 8 heteroatoms. The predicted molar refractivity (Wildman–Crippen MR) is 104 cm³/mol. The summed E-state index contributed by atoms with van der Waals surface area (Å²) in [4.78, 5) is 14.9. The van der Waals surface area contributed by atoms with E-state index in [0.717, 1.165) is 38.5 Å². The van der Waals surface area contributed by atoms with Crippen LogP contribution in [0.1, 0.15) is 55.3 Å². The summed E-state index contributed by atoms with van der Waals surface area (Å²) in [6.45, 7) is 1.50. The number of nitrogens with zero attached hydrogens (tertiary/aromatic N) is 2. The molecule has 28 heavy (non-hydrogen) atoms. The number of nitriles is 1. The smallest absolute Gasteiger partial charge is 0.254 e. The average Bonchev–Trinajstić information content (AvgIpc) is 3.21. The van der Waals surface area contributed by atoms with Gasteiger partial charge in [-0.15, -0.1) is 0 Å². The van der Waals surface area contributed by atoms with Crippen LogP contribution in [-0.2, 0) is 14.8 Å². The normalized spacial score (nSPS) is 18.7. The van der Waals surface area contributed by atoms with Crippen LogP contribution in [0.3, 0.4) is 0 Å². The van der Waals surface area contributed by atoms with Crippen LogP contribution in [0.2, 0.25) is 0 Å². The fraction of sp³-hybridized carbons (Fsp3) is 0.600. The number of carbonyl (C=O) groups excluding carboxylic acids is 1. The van der Waals surface area contributed by atoms with Gasteiger partial charge >= 0.3 is 0 Å². The number of sulfonamides is 1.